The molecule has 1 aliphatic rings. The smallest absolute Gasteiger partial charge is 0.254 e. The van der Waals surface area contributed by atoms with Crippen LogP contribution in [-0.2, 0) is 11.8 Å². The SMILES string of the molecule is CN(C)C(=O)c1cnc(N[C@@H]2CCC(=O)N[C@H]2c2cnn(C)c2)c(Cl)c1. The van der Waals surface area contributed by atoms with Gasteiger partial charge >= 0.3 is 0 Å². The molecule has 1 aliphatic heterocycles. The molecule has 1 fully saturated rings. The van der Waals surface area contributed by atoms with E-state index in [2.05, 4.69) is 20.7 Å². The van der Waals surface area contributed by atoms with Crippen molar-refractivity contribution in [1.82, 2.24) is 25.0 Å². The van der Waals surface area contributed by atoms with E-state index in [4.69, 9.17) is 11.6 Å². The second-order valence-corrected chi connectivity index (χ2v) is 6.94. The van der Waals surface area contributed by atoms with Crippen molar-refractivity contribution in [3.05, 3.63) is 40.8 Å². The van der Waals surface area contributed by atoms with Crippen molar-refractivity contribution < 1.29 is 9.59 Å². The number of hydrogen-bond donors (Lipinski definition) is 2. The molecule has 3 heterocycles. The first kappa shape index (κ1) is 18.2. The summed E-state index contributed by atoms with van der Waals surface area (Å²) in [6, 6.07) is 1.28. The third kappa shape index (κ3) is 3.80. The van der Waals surface area contributed by atoms with Gasteiger partial charge in [0.05, 0.1) is 28.9 Å². The summed E-state index contributed by atoms with van der Waals surface area (Å²) < 4.78 is 1.69. The molecule has 9 heteroatoms. The number of nitrogens with zero attached hydrogens (tertiary/aromatic N) is 4. The lowest BCUT2D eigenvalue weighted by Gasteiger charge is -2.32. The molecule has 2 atom stereocenters. The number of rotatable bonds is 4. The highest BCUT2D eigenvalue weighted by atomic mass is 35.5. The maximum Gasteiger partial charge on any atom is 0.254 e. The number of pyridine rings is 1. The van der Waals surface area contributed by atoms with Crippen LogP contribution in [0.2, 0.25) is 5.02 Å². The number of aromatic nitrogens is 3. The molecule has 0 aromatic carbocycles. The first-order valence-corrected chi connectivity index (χ1v) is 8.64. The number of piperidine rings is 1. The van der Waals surface area contributed by atoms with Gasteiger partial charge < -0.3 is 15.5 Å². The van der Waals surface area contributed by atoms with Gasteiger partial charge in [-0.1, -0.05) is 11.6 Å². The minimum atomic E-state index is -0.231. The highest BCUT2D eigenvalue weighted by molar-refractivity contribution is 6.33. The van der Waals surface area contributed by atoms with Crippen molar-refractivity contribution in [2.24, 2.45) is 7.05 Å². The van der Waals surface area contributed by atoms with Crippen LogP contribution in [0.5, 0.6) is 0 Å². The highest BCUT2D eigenvalue weighted by Crippen LogP contribution is 2.29. The largest absolute Gasteiger partial charge is 0.364 e. The van der Waals surface area contributed by atoms with E-state index in [0.29, 0.717) is 29.2 Å². The average Bonchev–Trinajstić information content (AvgIpc) is 3.03. The molecule has 2 N–H and O–H groups in total. The Kier molecular flexibility index (Phi) is 5.13. The third-order valence-electron chi connectivity index (χ3n) is 4.30. The van der Waals surface area contributed by atoms with Gasteiger partial charge in [-0.2, -0.15) is 5.10 Å². The first-order chi connectivity index (χ1) is 12.3. The summed E-state index contributed by atoms with van der Waals surface area (Å²) in [7, 11) is 5.17. The zero-order valence-electron chi connectivity index (χ0n) is 14.9. The fraction of sp³-hybridized carbons (Fsp3) is 0.412. The van der Waals surface area contributed by atoms with Crippen molar-refractivity contribution in [2.75, 3.05) is 19.4 Å². The van der Waals surface area contributed by atoms with E-state index in [9.17, 15) is 9.59 Å². The molecule has 3 rings (SSSR count). The van der Waals surface area contributed by atoms with Crippen molar-refractivity contribution in [3.8, 4) is 0 Å². The van der Waals surface area contributed by atoms with E-state index in [1.807, 2.05) is 13.2 Å². The number of carbonyl (C=O) groups is 2. The molecule has 0 saturated carbocycles. The zero-order valence-corrected chi connectivity index (χ0v) is 15.6. The van der Waals surface area contributed by atoms with Crippen LogP contribution < -0.4 is 10.6 Å². The van der Waals surface area contributed by atoms with Crippen molar-refractivity contribution in [2.45, 2.75) is 24.9 Å². The summed E-state index contributed by atoms with van der Waals surface area (Å²) in [5.74, 6) is 0.323. The maximum absolute atomic E-state index is 12.0. The van der Waals surface area contributed by atoms with Gasteiger partial charge in [0, 0.05) is 45.5 Å². The van der Waals surface area contributed by atoms with E-state index in [1.54, 1.807) is 31.0 Å². The van der Waals surface area contributed by atoms with E-state index in [0.717, 1.165) is 5.56 Å². The predicted molar refractivity (Wildman–Crippen MR) is 98.0 cm³/mol. The van der Waals surface area contributed by atoms with Crippen LogP contribution in [0.4, 0.5) is 5.82 Å². The summed E-state index contributed by atoms with van der Waals surface area (Å²) in [5, 5.41) is 10.8. The van der Waals surface area contributed by atoms with E-state index < -0.39 is 0 Å². The molecule has 0 unspecified atom stereocenters. The Bertz CT molecular complexity index is 834. The van der Waals surface area contributed by atoms with Gasteiger partial charge in [-0.05, 0) is 12.5 Å². The molecule has 0 radical (unpaired) electrons. The third-order valence-corrected chi connectivity index (χ3v) is 4.59. The van der Waals surface area contributed by atoms with Crippen LogP contribution in [-0.4, -0.2) is 51.6 Å². The van der Waals surface area contributed by atoms with Gasteiger partial charge in [0.25, 0.3) is 5.91 Å². The minimum Gasteiger partial charge on any atom is -0.364 e. The number of halogens is 1. The van der Waals surface area contributed by atoms with Crippen molar-refractivity contribution in [3.63, 3.8) is 0 Å². The Morgan fingerprint density at radius 2 is 2.19 bits per heavy atom. The van der Waals surface area contributed by atoms with E-state index >= 15 is 0 Å². The van der Waals surface area contributed by atoms with E-state index in [-0.39, 0.29) is 23.9 Å². The van der Waals surface area contributed by atoms with Gasteiger partial charge in [-0.3, -0.25) is 14.3 Å². The van der Waals surface area contributed by atoms with Gasteiger partial charge in [0.15, 0.2) is 0 Å². The molecule has 2 amide bonds. The highest BCUT2D eigenvalue weighted by Gasteiger charge is 2.31. The van der Waals surface area contributed by atoms with Gasteiger partial charge in [-0.15, -0.1) is 0 Å². The molecule has 138 valence electrons. The predicted octanol–water partition coefficient (Wildman–Crippen LogP) is 1.60. The lowest BCUT2D eigenvalue weighted by atomic mass is 9.93. The fourth-order valence-corrected chi connectivity index (χ4v) is 3.19. The number of anilines is 1. The quantitative estimate of drug-likeness (QED) is 0.845. The second kappa shape index (κ2) is 7.33. The van der Waals surface area contributed by atoms with E-state index in [1.165, 1.54) is 11.1 Å². The summed E-state index contributed by atoms with van der Waals surface area (Å²) >= 11 is 6.32. The lowest BCUT2D eigenvalue weighted by molar-refractivity contribution is -0.123. The van der Waals surface area contributed by atoms with Crippen LogP contribution in [0.3, 0.4) is 0 Å². The van der Waals surface area contributed by atoms with Crippen LogP contribution in [0, 0.1) is 0 Å². The minimum absolute atomic E-state index is 0.00267. The Morgan fingerprint density at radius 1 is 1.42 bits per heavy atom. The average molecular weight is 377 g/mol. The first-order valence-electron chi connectivity index (χ1n) is 8.27. The molecular formula is C17H21ClN6O2. The second-order valence-electron chi connectivity index (χ2n) is 6.54. The molecule has 0 spiro atoms. The molecule has 1 saturated heterocycles. The summed E-state index contributed by atoms with van der Waals surface area (Å²) in [6.07, 6.45) is 6.17. The lowest BCUT2D eigenvalue weighted by Crippen LogP contribution is -2.45. The fourth-order valence-electron chi connectivity index (χ4n) is 2.97. The van der Waals surface area contributed by atoms with Crippen LogP contribution in [0.15, 0.2) is 24.7 Å². The molecular weight excluding hydrogens is 356 g/mol. The number of amides is 2. The zero-order chi connectivity index (χ0) is 18.8. The topological polar surface area (TPSA) is 92.2 Å². The Morgan fingerprint density at radius 3 is 2.81 bits per heavy atom. The van der Waals surface area contributed by atoms with Crippen molar-refractivity contribution >= 4 is 29.2 Å². The number of hydrogen-bond acceptors (Lipinski definition) is 5. The monoisotopic (exact) mass is 376 g/mol. The number of nitrogens with one attached hydrogen (secondary N) is 2. The molecule has 2 aromatic heterocycles. The van der Waals surface area contributed by atoms with Crippen LogP contribution in [0.25, 0.3) is 0 Å². The summed E-state index contributed by atoms with van der Waals surface area (Å²) in [6.45, 7) is 0. The molecule has 0 bridgehead atoms. The van der Waals surface area contributed by atoms with Gasteiger partial charge in [-0.25, -0.2) is 4.98 Å². The Balaban J connectivity index is 1.82. The van der Waals surface area contributed by atoms with Gasteiger partial charge in [0.1, 0.15) is 5.82 Å². The van der Waals surface area contributed by atoms with Crippen molar-refractivity contribution in [1.29, 1.82) is 0 Å². The molecule has 8 nitrogen and oxygen atoms in total. The number of carbonyl (C=O) groups excluding carboxylic acids is 2. The number of aryl methyl sites for hydroxylation is 1. The molecule has 26 heavy (non-hydrogen) atoms. The standard InChI is InChI=1S/C17H21ClN6O2/c1-23(2)17(26)10-6-12(18)16(19-7-10)21-13-4-5-14(25)22-15(13)11-8-20-24(3)9-11/h6-9,13,15H,4-5H2,1-3H3,(H,19,21)(H,22,25)/t13-,15+/m1/s1. The Hall–Kier alpha value is -2.61. The summed E-state index contributed by atoms with van der Waals surface area (Å²) in [5.41, 5.74) is 1.33. The van der Waals surface area contributed by atoms with Crippen LogP contribution in [0.1, 0.15) is 34.8 Å². The normalized spacial score (nSPS) is 19.8. The maximum atomic E-state index is 12.0. The van der Waals surface area contributed by atoms with Crippen LogP contribution >= 0.6 is 11.6 Å². The Labute approximate surface area is 156 Å². The molecule has 2 aromatic rings. The summed E-state index contributed by atoms with van der Waals surface area (Å²) in [4.78, 5) is 29.6. The van der Waals surface area contributed by atoms with Gasteiger partial charge in [0.2, 0.25) is 5.91 Å². The molecule has 0 aliphatic carbocycles.